The number of hydrogen-bond donors (Lipinski definition) is 0. The van der Waals surface area contributed by atoms with E-state index in [4.69, 9.17) is 14.2 Å². The molecule has 4 atom stereocenters. The number of hydrogen-bond acceptors (Lipinski definition) is 11. The number of carbonyl (C=O) groups is 3. The van der Waals surface area contributed by atoms with E-state index in [1.807, 2.05) is 53.4 Å². The van der Waals surface area contributed by atoms with Crippen molar-refractivity contribution in [3.8, 4) is 6.07 Å². The van der Waals surface area contributed by atoms with Gasteiger partial charge in [0.1, 0.15) is 0 Å². The van der Waals surface area contributed by atoms with Gasteiger partial charge in [0.2, 0.25) is 0 Å². The number of amidine groups is 1. The lowest BCUT2D eigenvalue weighted by Gasteiger charge is -2.41. The van der Waals surface area contributed by atoms with Crippen molar-refractivity contribution in [1.82, 2.24) is 4.31 Å². The molecule has 3 aromatic rings. The fourth-order valence-electron chi connectivity index (χ4n) is 6.94. The molecule has 14 heteroatoms. The zero-order valence-corrected chi connectivity index (χ0v) is 29.2. The quantitative estimate of drug-likeness (QED) is 0.172. The van der Waals surface area contributed by atoms with E-state index < -0.39 is 51.5 Å². The summed E-state index contributed by atoms with van der Waals surface area (Å²) in [5, 5.41) is 9.33. The van der Waals surface area contributed by atoms with Crippen LogP contribution < -0.4 is 4.90 Å². The van der Waals surface area contributed by atoms with Gasteiger partial charge in [0.25, 0.3) is 0 Å². The van der Waals surface area contributed by atoms with Crippen LogP contribution in [0.4, 0.5) is 5.69 Å². The van der Waals surface area contributed by atoms with Crippen LogP contribution in [0.2, 0.25) is 0 Å². The van der Waals surface area contributed by atoms with Gasteiger partial charge in [0, 0.05) is 23.1 Å². The molecular weight excluding hydrogens is 716 g/mol. The highest BCUT2D eigenvalue weighted by Gasteiger charge is 2.70. The van der Waals surface area contributed by atoms with E-state index in [1.54, 1.807) is 19.9 Å². The molecule has 2 unspecified atom stereocenters. The summed E-state index contributed by atoms with van der Waals surface area (Å²) < 4.78 is 47.1. The smallest absolute Gasteiger partial charge is 0.357 e. The minimum atomic E-state index is -4.60. The topological polar surface area (TPSA) is 162 Å². The first-order valence-corrected chi connectivity index (χ1v) is 17.7. The summed E-state index contributed by atoms with van der Waals surface area (Å²) >= 11 is 3.47. The summed E-state index contributed by atoms with van der Waals surface area (Å²) in [4.78, 5) is 47.8. The molecule has 1 fully saturated rings. The molecule has 3 aromatic carbocycles. The summed E-state index contributed by atoms with van der Waals surface area (Å²) in [5.41, 5.74) is 0.348. The molecule has 0 amide bonds. The maximum atomic E-state index is 14.7. The number of rotatable bonds is 9. The highest BCUT2D eigenvalue weighted by atomic mass is 79.9. The summed E-state index contributed by atoms with van der Waals surface area (Å²) in [7, 11) is -3.44. The van der Waals surface area contributed by atoms with Crippen LogP contribution in [-0.2, 0) is 55.2 Å². The molecule has 3 aliphatic rings. The summed E-state index contributed by atoms with van der Waals surface area (Å²) in [6.45, 7) is 3.39. The molecule has 3 aliphatic heterocycles. The van der Waals surface area contributed by atoms with Crippen molar-refractivity contribution in [3.05, 3.63) is 105 Å². The summed E-state index contributed by atoms with van der Waals surface area (Å²) in [6, 6.07) is 19.5. The maximum Gasteiger partial charge on any atom is 0.357 e. The number of nitriles is 1. The van der Waals surface area contributed by atoms with Gasteiger partial charge in [-0.3, -0.25) is 0 Å². The molecule has 252 valence electrons. The fourth-order valence-corrected chi connectivity index (χ4v) is 8.83. The Morgan fingerprint density at radius 3 is 2.31 bits per heavy atom. The number of sulfonamides is 1. The molecule has 49 heavy (non-hydrogen) atoms. The molecule has 0 N–H and O–H groups in total. The van der Waals surface area contributed by atoms with Crippen LogP contribution >= 0.6 is 15.9 Å². The molecular formula is C35H31BrN4O8S. The fraction of sp³-hybridized carbons (Fsp3) is 0.286. The normalized spacial score (nSPS) is 21.8. The zero-order chi connectivity index (χ0) is 35.1. The van der Waals surface area contributed by atoms with Gasteiger partial charge in [-0.05, 0) is 67.4 Å². The Kier molecular flexibility index (Phi) is 9.19. The average Bonchev–Trinajstić information content (AvgIpc) is 3.60. The SMILES string of the molecule is CCOC(=O)C1=C(C(=O)OCC)C2N(Cc3ccc(Br)cc3)c3ccccc3[C@@]23C[C@@H](C(=O)OC)N([S+](=O)([O-])c2ccc(C#N)cc2)C3=N1. The van der Waals surface area contributed by atoms with Gasteiger partial charge in [-0.1, -0.05) is 50.5 Å². The van der Waals surface area contributed by atoms with Crippen LogP contribution in [0.15, 0.2) is 98.4 Å². The number of fused-ring (bicyclic) bond motifs is 1. The van der Waals surface area contributed by atoms with Crippen LogP contribution in [0.25, 0.3) is 0 Å². The molecule has 0 saturated carbocycles. The van der Waals surface area contributed by atoms with E-state index in [0.29, 0.717) is 11.3 Å². The number of esters is 3. The number of aliphatic imine (C=N–C) groups is 1. The Morgan fingerprint density at radius 1 is 1.02 bits per heavy atom. The van der Waals surface area contributed by atoms with Crippen molar-refractivity contribution in [1.29, 1.82) is 5.26 Å². The maximum absolute atomic E-state index is 14.7. The van der Waals surface area contributed by atoms with Gasteiger partial charge in [-0.15, -0.1) is 0 Å². The molecule has 0 aromatic heterocycles. The molecule has 0 bridgehead atoms. The number of methoxy groups -OCH3 is 1. The van der Waals surface area contributed by atoms with E-state index in [2.05, 4.69) is 20.9 Å². The van der Waals surface area contributed by atoms with Crippen LogP contribution in [0.1, 0.15) is 37.0 Å². The first-order valence-electron chi connectivity index (χ1n) is 15.4. The van der Waals surface area contributed by atoms with Gasteiger partial charge >= 0.3 is 17.9 Å². The van der Waals surface area contributed by atoms with Crippen molar-refractivity contribution in [2.24, 2.45) is 4.99 Å². The Balaban J connectivity index is 1.68. The lowest BCUT2D eigenvalue weighted by Crippen LogP contribution is -2.56. The van der Waals surface area contributed by atoms with Gasteiger partial charge in [0.05, 0.1) is 49.0 Å². The number of carbonyl (C=O) groups excluding carboxylic acids is 3. The second-order valence-electron chi connectivity index (χ2n) is 11.5. The molecule has 0 aliphatic carbocycles. The molecule has 0 radical (unpaired) electrons. The third kappa shape index (κ3) is 5.51. The van der Waals surface area contributed by atoms with E-state index >= 15 is 0 Å². The van der Waals surface area contributed by atoms with Crippen molar-refractivity contribution in [3.63, 3.8) is 0 Å². The number of halogens is 1. The molecule has 3 heterocycles. The first kappa shape index (κ1) is 34.0. The lowest BCUT2D eigenvalue weighted by molar-refractivity contribution is -0.144. The van der Waals surface area contributed by atoms with Crippen LogP contribution in [0.3, 0.4) is 0 Å². The summed E-state index contributed by atoms with van der Waals surface area (Å²) in [5.74, 6) is -2.78. The van der Waals surface area contributed by atoms with Crippen molar-refractivity contribution in [2.45, 2.75) is 49.2 Å². The average molecular weight is 748 g/mol. The van der Waals surface area contributed by atoms with Gasteiger partial charge in [-0.2, -0.15) is 9.57 Å². The van der Waals surface area contributed by atoms with Crippen LogP contribution in [0.5, 0.6) is 0 Å². The Hall–Kier alpha value is -4.84. The highest BCUT2D eigenvalue weighted by molar-refractivity contribution is 9.10. The predicted octanol–water partition coefficient (Wildman–Crippen LogP) is 4.59. The number of para-hydroxylation sites is 1. The van der Waals surface area contributed by atoms with Gasteiger partial charge in [-0.25, -0.2) is 19.4 Å². The van der Waals surface area contributed by atoms with Crippen LogP contribution in [-0.4, -0.2) is 65.0 Å². The predicted molar refractivity (Wildman–Crippen MR) is 180 cm³/mol. The molecule has 6 rings (SSSR count). The second kappa shape index (κ2) is 13.2. The first-order chi connectivity index (χ1) is 23.5. The minimum Gasteiger partial charge on any atom is -0.588 e. The van der Waals surface area contributed by atoms with Crippen molar-refractivity contribution >= 4 is 55.8 Å². The standard InChI is InChI=1S/C35H31BrN4O8S/c1-4-47-32(42)28-29(33(43)48-5-2)38-34-35(18-27(31(41)46-3)40(34)49(44,45)24-16-12-21(19-37)13-17-24)25-8-6-7-9-26(25)39(30(28)35)20-22-10-14-23(36)15-11-22/h6-17,27,30H,4-5,18,20H2,1-3H3/t27-,30?,35-/m0/s1. The second-order valence-corrected chi connectivity index (χ2v) is 14.2. The molecule has 1 saturated heterocycles. The van der Waals surface area contributed by atoms with Crippen molar-refractivity contribution < 1.29 is 37.4 Å². The van der Waals surface area contributed by atoms with Gasteiger partial charge < -0.3 is 23.7 Å². The highest BCUT2D eigenvalue weighted by Crippen LogP contribution is 2.59. The lowest BCUT2D eigenvalue weighted by atomic mass is 9.69. The van der Waals surface area contributed by atoms with Crippen LogP contribution in [0, 0.1) is 11.3 Å². The summed E-state index contributed by atoms with van der Waals surface area (Å²) in [6.07, 6.45) is -0.175. The molecule has 1 spiro atoms. The molecule has 12 nitrogen and oxygen atoms in total. The number of nitrogens with zero attached hydrogens (tertiary/aromatic N) is 4. The number of ether oxygens (including phenoxy) is 3. The monoisotopic (exact) mass is 746 g/mol. The third-order valence-electron chi connectivity index (χ3n) is 8.87. The van der Waals surface area contributed by atoms with E-state index in [-0.39, 0.29) is 48.0 Å². The third-order valence-corrected chi connectivity index (χ3v) is 11.2. The van der Waals surface area contributed by atoms with Gasteiger partial charge in [0.15, 0.2) is 32.9 Å². The van der Waals surface area contributed by atoms with E-state index in [0.717, 1.165) is 21.5 Å². The van der Waals surface area contributed by atoms with E-state index in [9.17, 15) is 28.4 Å². The largest absolute Gasteiger partial charge is 0.588 e. The Morgan fingerprint density at radius 2 is 1.67 bits per heavy atom. The number of anilines is 1. The Labute approximate surface area is 292 Å². The van der Waals surface area contributed by atoms with Crippen molar-refractivity contribution in [2.75, 3.05) is 25.2 Å². The van der Waals surface area contributed by atoms with E-state index in [1.165, 1.54) is 24.3 Å². The number of benzene rings is 3. The Bertz CT molecular complexity index is 1990. The minimum absolute atomic E-state index is 0.0155. The zero-order valence-electron chi connectivity index (χ0n) is 26.8.